The summed E-state index contributed by atoms with van der Waals surface area (Å²) in [7, 11) is 1.42. The highest BCUT2D eigenvalue weighted by Gasteiger charge is 2.52. The Hall–Kier alpha value is -2.10. The molecule has 0 bridgehead atoms. The Labute approximate surface area is 131 Å². The number of hydrogen-bond acceptors (Lipinski definition) is 4. The van der Waals surface area contributed by atoms with Crippen molar-refractivity contribution >= 4 is 18.0 Å². The van der Waals surface area contributed by atoms with E-state index in [0.29, 0.717) is 0 Å². The molecule has 22 heavy (non-hydrogen) atoms. The van der Waals surface area contributed by atoms with Crippen molar-refractivity contribution in [1.82, 2.24) is 0 Å². The Morgan fingerprint density at radius 1 is 1.14 bits per heavy atom. The van der Waals surface area contributed by atoms with Crippen molar-refractivity contribution in [3.63, 3.8) is 0 Å². The van der Waals surface area contributed by atoms with Crippen LogP contribution in [0.5, 0.6) is 0 Å². The Balaban J connectivity index is 2.04. The van der Waals surface area contributed by atoms with Crippen LogP contribution in [0.3, 0.4) is 0 Å². The number of esters is 2. The van der Waals surface area contributed by atoms with Crippen LogP contribution < -0.4 is 0 Å². The molecule has 1 aliphatic rings. The molecule has 118 valence electrons. The van der Waals surface area contributed by atoms with E-state index >= 15 is 0 Å². The molecular formula is C18H22O4. The number of carbonyl (C=O) groups is 2. The molecule has 1 aliphatic carbocycles. The molecule has 0 atom stereocenters. The number of methoxy groups -OCH3 is 1. The number of hydrogen-bond donors (Lipinski definition) is 0. The molecule has 0 heterocycles. The molecule has 0 spiro atoms. The van der Waals surface area contributed by atoms with Gasteiger partial charge in [-0.25, -0.2) is 4.79 Å². The fourth-order valence-electron chi connectivity index (χ4n) is 2.34. The molecule has 0 N–H and O–H groups in total. The summed E-state index contributed by atoms with van der Waals surface area (Å²) in [6.07, 6.45) is 4.77. The van der Waals surface area contributed by atoms with Crippen molar-refractivity contribution in [3.05, 3.63) is 41.5 Å². The van der Waals surface area contributed by atoms with E-state index in [1.54, 1.807) is 6.08 Å². The molecule has 0 radical (unpaired) electrons. The quantitative estimate of drug-likeness (QED) is 0.633. The second-order valence-corrected chi connectivity index (χ2v) is 6.56. The first-order valence-corrected chi connectivity index (χ1v) is 7.37. The molecule has 0 saturated heterocycles. The van der Waals surface area contributed by atoms with E-state index in [1.165, 1.54) is 13.2 Å². The minimum absolute atomic E-state index is 0.176. The van der Waals surface area contributed by atoms with E-state index in [-0.39, 0.29) is 11.9 Å². The summed E-state index contributed by atoms with van der Waals surface area (Å²) in [5.74, 6) is -0.547. The number of rotatable bonds is 4. The minimum atomic E-state index is -0.496. The van der Waals surface area contributed by atoms with E-state index in [9.17, 15) is 9.59 Å². The third-order valence-corrected chi connectivity index (χ3v) is 3.61. The second-order valence-electron chi connectivity index (χ2n) is 6.56. The Morgan fingerprint density at radius 2 is 1.73 bits per heavy atom. The molecule has 4 heteroatoms. The van der Waals surface area contributed by atoms with Gasteiger partial charge in [-0.15, -0.1) is 0 Å². The normalized spacial score (nSPS) is 16.4. The van der Waals surface area contributed by atoms with Gasteiger partial charge in [0.1, 0.15) is 5.60 Å². The van der Waals surface area contributed by atoms with E-state index in [1.807, 2.05) is 45.0 Å². The van der Waals surface area contributed by atoms with E-state index in [4.69, 9.17) is 9.47 Å². The van der Waals surface area contributed by atoms with Crippen molar-refractivity contribution < 1.29 is 19.1 Å². The number of ether oxygens (including phenoxy) is 2. The second kappa shape index (κ2) is 5.95. The van der Waals surface area contributed by atoms with E-state index < -0.39 is 11.0 Å². The monoisotopic (exact) mass is 302 g/mol. The third kappa shape index (κ3) is 3.75. The maximum absolute atomic E-state index is 11.8. The lowest BCUT2D eigenvalue weighted by Crippen LogP contribution is -2.22. The SMILES string of the molecule is COC(=O)C1(c2ccc(/C=C/C(=O)OC(C)(C)C)cc2)CC1. The average molecular weight is 302 g/mol. The van der Waals surface area contributed by atoms with Gasteiger partial charge in [-0.1, -0.05) is 24.3 Å². The smallest absolute Gasteiger partial charge is 0.331 e. The van der Waals surface area contributed by atoms with E-state index in [0.717, 1.165) is 24.0 Å². The molecule has 2 rings (SSSR count). The lowest BCUT2D eigenvalue weighted by atomic mass is 9.95. The average Bonchev–Trinajstić information content (AvgIpc) is 3.24. The number of carbonyl (C=O) groups excluding carboxylic acids is 2. The lowest BCUT2D eigenvalue weighted by molar-refractivity contribution is -0.148. The van der Waals surface area contributed by atoms with Crippen LogP contribution in [0.2, 0.25) is 0 Å². The van der Waals surface area contributed by atoms with E-state index in [2.05, 4.69) is 0 Å². The zero-order valence-electron chi connectivity index (χ0n) is 13.5. The molecule has 0 aliphatic heterocycles. The first-order chi connectivity index (χ1) is 10.3. The van der Waals surface area contributed by atoms with Crippen LogP contribution in [-0.2, 0) is 24.5 Å². The van der Waals surface area contributed by atoms with Gasteiger partial charge in [0.05, 0.1) is 12.5 Å². The molecule has 0 unspecified atom stereocenters. The summed E-state index contributed by atoms with van der Waals surface area (Å²) in [6, 6.07) is 7.61. The van der Waals surface area contributed by atoms with Crippen LogP contribution in [0.15, 0.2) is 30.3 Å². The van der Waals surface area contributed by atoms with Crippen molar-refractivity contribution in [2.24, 2.45) is 0 Å². The molecule has 0 amide bonds. The van der Waals surface area contributed by atoms with Gasteiger partial charge in [0, 0.05) is 6.08 Å². The highest BCUT2D eigenvalue weighted by Crippen LogP contribution is 2.49. The third-order valence-electron chi connectivity index (χ3n) is 3.61. The summed E-state index contributed by atoms with van der Waals surface area (Å²) in [6.45, 7) is 5.49. The molecule has 1 fully saturated rings. The van der Waals surface area contributed by atoms with Crippen molar-refractivity contribution in [1.29, 1.82) is 0 Å². The summed E-state index contributed by atoms with van der Waals surface area (Å²) < 4.78 is 10.1. The van der Waals surface area contributed by atoms with Crippen molar-refractivity contribution in [2.45, 2.75) is 44.6 Å². The number of benzene rings is 1. The minimum Gasteiger partial charge on any atom is -0.468 e. The predicted octanol–water partition coefficient (Wildman–Crippen LogP) is 3.25. The molecule has 1 saturated carbocycles. The van der Waals surface area contributed by atoms with Crippen LogP contribution in [0.1, 0.15) is 44.7 Å². The van der Waals surface area contributed by atoms with Gasteiger partial charge < -0.3 is 9.47 Å². The van der Waals surface area contributed by atoms with Gasteiger partial charge in [-0.05, 0) is 50.8 Å². The van der Waals surface area contributed by atoms with Crippen LogP contribution in [-0.4, -0.2) is 24.6 Å². The molecular weight excluding hydrogens is 280 g/mol. The Kier molecular flexibility index (Phi) is 4.40. The lowest BCUT2D eigenvalue weighted by Gasteiger charge is -2.17. The van der Waals surface area contributed by atoms with Crippen molar-refractivity contribution in [2.75, 3.05) is 7.11 Å². The van der Waals surface area contributed by atoms with Crippen LogP contribution in [0, 0.1) is 0 Å². The predicted molar refractivity (Wildman–Crippen MR) is 84.2 cm³/mol. The molecule has 1 aromatic rings. The van der Waals surface area contributed by atoms with Gasteiger partial charge in [-0.3, -0.25) is 4.79 Å². The van der Waals surface area contributed by atoms with Gasteiger partial charge in [-0.2, -0.15) is 0 Å². The largest absolute Gasteiger partial charge is 0.468 e. The molecule has 4 nitrogen and oxygen atoms in total. The zero-order valence-corrected chi connectivity index (χ0v) is 13.5. The summed E-state index contributed by atoms with van der Waals surface area (Å²) in [5.41, 5.74) is 0.899. The first-order valence-electron chi connectivity index (χ1n) is 7.37. The van der Waals surface area contributed by atoms with Gasteiger partial charge >= 0.3 is 11.9 Å². The van der Waals surface area contributed by atoms with Crippen molar-refractivity contribution in [3.8, 4) is 0 Å². The Bertz CT molecular complexity index is 587. The van der Waals surface area contributed by atoms with Crippen LogP contribution >= 0.6 is 0 Å². The maximum Gasteiger partial charge on any atom is 0.331 e. The summed E-state index contributed by atoms with van der Waals surface area (Å²) in [5, 5.41) is 0. The van der Waals surface area contributed by atoms with Crippen LogP contribution in [0.25, 0.3) is 6.08 Å². The topological polar surface area (TPSA) is 52.6 Å². The highest BCUT2D eigenvalue weighted by molar-refractivity contribution is 5.88. The first kappa shape index (κ1) is 16.3. The Morgan fingerprint density at radius 3 is 2.18 bits per heavy atom. The maximum atomic E-state index is 11.8. The van der Waals surface area contributed by atoms with Gasteiger partial charge in [0.2, 0.25) is 0 Å². The summed E-state index contributed by atoms with van der Waals surface area (Å²) >= 11 is 0. The molecule has 0 aromatic heterocycles. The fourth-order valence-corrected chi connectivity index (χ4v) is 2.34. The zero-order chi connectivity index (χ0) is 16.4. The standard InChI is InChI=1S/C18H22O4/c1-17(2,3)22-15(19)10-7-13-5-8-14(9-6-13)18(11-12-18)16(20)21-4/h5-10H,11-12H2,1-4H3/b10-7+. The highest BCUT2D eigenvalue weighted by atomic mass is 16.6. The van der Waals surface area contributed by atoms with Gasteiger partial charge in [0.15, 0.2) is 0 Å². The fraction of sp³-hybridized carbons (Fsp3) is 0.444. The van der Waals surface area contributed by atoms with Crippen LogP contribution in [0.4, 0.5) is 0 Å². The molecule has 1 aromatic carbocycles. The summed E-state index contributed by atoms with van der Waals surface area (Å²) in [4.78, 5) is 23.5. The van der Waals surface area contributed by atoms with Gasteiger partial charge in [0.25, 0.3) is 0 Å².